The summed E-state index contributed by atoms with van der Waals surface area (Å²) in [5.41, 5.74) is -1.44. The minimum absolute atomic E-state index is 0.0192. The Bertz CT molecular complexity index is 1280. The van der Waals surface area contributed by atoms with E-state index >= 15 is 0 Å². The van der Waals surface area contributed by atoms with Crippen LogP contribution in [0.4, 0.5) is 0 Å². The van der Waals surface area contributed by atoms with E-state index in [4.69, 9.17) is 4.42 Å². The summed E-state index contributed by atoms with van der Waals surface area (Å²) in [5.74, 6) is 0.293. The molecule has 3 N–H and O–H groups in total. The van der Waals surface area contributed by atoms with E-state index in [0.29, 0.717) is 11.3 Å². The zero-order valence-electron chi connectivity index (χ0n) is 13.6. The van der Waals surface area contributed by atoms with Crippen molar-refractivity contribution < 1.29 is 9.52 Å². The lowest BCUT2D eigenvalue weighted by atomic mass is 10.1. The van der Waals surface area contributed by atoms with Crippen molar-refractivity contribution in [1.82, 2.24) is 19.5 Å². The summed E-state index contributed by atoms with van der Waals surface area (Å²) in [4.78, 5) is 44.5. The van der Waals surface area contributed by atoms with Crippen LogP contribution in [0.5, 0.6) is 0 Å². The van der Waals surface area contributed by atoms with Gasteiger partial charge in [-0.25, -0.2) is 9.78 Å². The number of hydrogen-bond donors (Lipinski definition) is 3. The first-order valence-electron chi connectivity index (χ1n) is 7.83. The van der Waals surface area contributed by atoms with Crippen molar-refractivity contribution in [3.05, 3.63) is 73.0 Å². The number of para-hydroxylation sites is 1. The topological polar surface area (TPSA) is 134 Å². The van der Waals surface area contributed by atoms with Crippen molar-refractivity contribution in [2.45, 2.75) is 12.5 Å². The number of aromatic amines is 2. The number of aromatic nitrogens is 4. The molecule has 0 saturated heterocycles. The number of hydrogen-bond acceptors (Lipinski definition) is 6. The maximum atomic E-state index is 12.3. The number of aliphatic hydroxyl groups is 1. The molecule has 0 aliphatic carbocycles. The number of benzene rings is 1. The SMILES string of the molecule is Cn1c(=O)[nH]c(=O)c2nc(C[C@@H](O)c3cc4ccccc4o3)c(=O)[nH]c21. The Balaban J connectivity index is 1.77. The van der Waals surface area contributed by atoms with Crippen LogP contribution in [-0.2, 0) is 13.5 Å². The van der Waals surface area contributed by atoms with Gasteiger partial charge in [0.25, 0.3) is 11.1 Å². The highest BCUT2D eigenvalue weighted by Gasteiger charge is 2.18. The third kappa shape index (κ3) is 2.54. The van der Waals surface area contributed by atoms with Gasteiger partial charge in [0.1, 0.15) is 28.8 Å². The number of nitrogens with zero attached hydrogens (tertiary/aromatic N) is 2. The van der Waals surface area contributed by atoms with Crippen molar-refractivity contribution >= 4 is 22.1 Å². The van der Waals surface area contributed by atoms with Gasteiger partial charge in [0.15, 0.2) is 5.52 Å². The van der Waals surface area contributed by atoms with Gasteiger partial charge in [-0.2, -0.15) is 0 Å². The van der Waals surface area contributed by atoms with Gasteiger partial charge in [0.2, 0.25) is 0 Å². The minimum atomic E-state index is -1.11. The average molecular weight is 354 g/mol. The molecule has 1 aromatic carbocycles. The monoisotopic (exact) mass is 354 g/mol. The molecule has 0 amide bonds. The highest BCUT2D eigenvalue weighted by Crippen LogP contribution is 2.25. The molecule has 0 bridgehead atoms. The summed E-state index contributed by atoms with van der Waals surface area (Å²) >= 11 is 0. The predicted molar refractivity (Wildman–Crippen MR) is 93.1 cm³/mol. The summed E-state index contributed by atoms with van der Waals surface area (Å²) in [7, 11) is 1.40. The molecule has 0 unspecified atom stereocenters. The third-order valence-corrected chi connectivity index (χ3v) is 4.20. The highest BCUT2D eigenvalue weighted by molar-refractivity contribution is 5.77. The number of H-pyrrole nitrogens is 2. The van der Waals surface area contributed by atoms with E-state index in [-0.39, 0.29) is 23.3 Å². The van der Waals surface area contributed by atoms with E-state index in [0.717, 1.165) is 9.95 Å². The van der Waals surface area contributed by atoms with Crippen LogP contribution < -0.4 is 16.8 Å². The standard InChI is InChI=1S/C17H14N4O5/c1-21-14-13(16(24)20-17(21)25)18-9(15(23)19-14)7-10(22)12-6-8-4-2-3-5-11(8)26-12/h2-6,10,22H,7H2,1H3,(H,19,23)(H,20,24,25)/t10-/m1/s1. The number of aliphatic hydroxyl groups excluding tert-OH is 1. The average Bonchev–Trinajstić information content (AvgIpc) is 3.05. The number of furan rings is 1. The van der Waals surface area contributed by atoms with Crippen molar-refractivity contribution in [2.75, 3.05) is 0 Å². The quantitative estimate of drug-likeness (QED) is 0.485. The number of nitrogens with one attached hydrogen (secondary N) is 2. The summed E-state index contributed by atoms with van der Waals surface area (Å²) in [5, 5.41) is 11.2. The molecule has 4 aromatic rings. The van der Waals surface area contributed by atoms with Gasteiger partial charge in [-0.15, -0.1) is 0 Å². The van der Waals surface area contributed by atoms with Crippen LogP contribution in [0.15, 0.2) is 49.1 Å². The fourth-order valence-electron chi connectivity index (χ4n) is 2.81. The van der Waals surface area contributed by atoms with Crippen LogP contribution in [0.3, 0.4) is 0 Å². The molecule has 0 saturated carbocycles. The van der Waals surface area contributed by atoms with Gasteiger partial charge in [0, 0.05) is 18.9 Å². The van der Waals surface area contributed by atoms with E-state index in [1.165, 1.54) is 7.05 Å². The second kappa shape index (κ2) is 5.81. The van der Waals surface area contributed by atoms with Crippen LogP contribution in [0.25, 0.3) is 22.1 Å². The molecule has 0 radical (unpaired) electrons. The summed E-state index contributed by atoms with van der Waals surface area (Å²) in [6, 6.07) is 8.96. The largest absolute Gasteiger partial charge is 0.458 e. The second-order valence-corrected chi connectivity index (χ2v) is 5.93. The van der Waals surface area contributed by atoms with Crippen molar-refractivity contribution in [1.29, 1.82) is 0 Å². The van der Waals surface area contributed by atoms with E-state index < -0.39 is 22.9 Å². The van der Waals surface area contributed by atoms with Crippen LogP contribution in [-0.4, -0.2) is 24.6 Å². The Hall–Kier alpha value is -3.46. The van der Waals surface area contributed by atoms with Crippen molar-refractivity contribution in [3.63, 3.8) is 0 Å². The molecule has 1 atom stereocenters. The Morgan fingerprint density at radius 3 is 2.73 bits per heavy atom. The molecule has 0 aliphatic rings. The lowest BCUT2D eigenvalue weighted by Crippen LogP contribution is -2.32. The van der Waals surface area contributed by atoms with E-state index in [2.05, 4.69) is 15.0 Å². The molecule has 132 valence electrons. The molecule has 0 spiro atoms. The smallest absolute Gasteiger partial charge is 0.329 e. The summed E-state index contributed by atoms with van der Waals surface area (Å²) < 4.78 is 6.67. The van der Waals surface area contributed by atoms with Gasteiger partial charge in [-0.05, 0) is 12.1 Å². The van der Waals surface area contributed by atoms with Gasteiger partial charge in [0.05, 0.1) is 0 Å². The zero-order chi connectivity index (χ0) is 18.4. The summed E-state index contributed by atoms with van der Waals surface area (Å²) in [6.07, 6.45) is -1.26. The first-order valence-corrected chi connectivity index (χ1v) is 7.83. The molecule has 4 rings (SSSR count). The number of fused-ring (bicyclic) bond motifs is 2. The molecular weight excluding hydrogens is 340 g/mol. The first-order chi connectivity index (χ1) is 12.4. The molecule has 9 heteroatoms. The van der Waals surface area contributed by atoms with Crippen LogP contribution in [0, 0.1) is 0 Å². The van der Waals surface area contributed by atoms with Gasteiger partial charge in [-0.3, -0.25) is 19.1 Å². The molecule has 0 aliphatic heterocycles. The lowest BCUT2D eigenvalue weighted by Gasteiger charge is -2.08. The van der Waals surface area contributed by atoms with E-state index in [9.17, 15) is 19.5 Å². The van der Waals surface area contributed by atoms with Gasteiger partial charge < -0.3 is 14.5 Å². The predicted octanol–water partition coefficient (Wildman–Crippen LogP) is 0.332. The Morgan fingerprint density at radius 1 is 1.19 bits per heavy atom. The third-order valence-electron chi connectivity index (χ3n) is 4.20. The van der Waals surface area contributed by atoms with Crippen molar-refractivity contribution in [3.8, 4) is 0 Å². The van der Waals surface area contributed by atoms with E-state index in [1.54, 1.807) is 12.1 Å². The maximum Gasteiger partial charge on any atom is 0.329 e. The van der Waals surface area contributed by atoms with Gasteiger partial charge in [-0.1, -0.05) is 18.2 Å². The summed E-state index contributed by atoms with van der Waals surface area (Å²) in [6.45, 7) is 0. The minimum Gasteiger partial charge on any atom is -0.458 e. The fourth-order valence-corrected chi connectivity index (χ4v) is 2.81. The molecular formula is C17H14N4O5. The normalized spacial score (nSPS) is 12.7. The van der Waals surface area contributed by atoms with Crippen LogP contribution >= 0.6 is 0 Å². The zero-order valence-corrected chi connectivity index (χ0v) is 13.6. The molecule has 9 nitrogen and oxygen atoms in total. The van der Waals surface area contributed by atoms with Crippen LogP contribution in [0.2, 0.25) is 0 Å². The molecule has 26 heavy (non-hydrogen) atoms. The number of aryl methyl sites for hydroxylation is 1. The van der Waals surface area contributed by atoms with E-state index in [1.807, 2.05) is 18.2 Å². The van der Waals surface area contributed by atoms with Crippen molar-refractivity contribution in [2.24, 2.45) is 7.05 Å². The fraction of sp³-hybridized carbons (Fsp3) is 0.176. The first kappa shape index (κ1) is 16.0. The highest BCUT2D eigenvalue weighted by atomic mass is 16.4. The van der Waals surface area contributed by atoms with Gasteiger partial charge >= 0.3 is 5.69 Å². The molecule has 0 fully saturated rings. The Labute approximate surface area is 144 Å². The number of rotatable bonds is 3. The Kier molecular flexibility index (Phi) is 3.58. The molecule has 3 heterocycles. The second-order valence-electron chi connectivity index (χ2n) is 5.93. The molecule has 3 aromatic heterocycles. The Morgan fingerprint density at radius 2 is 1.96 bits per heavy atom. The van der Waals surface area contributed by atoms with Crippen LogP contribution in [0.1, 0.15) is 17.6 Å². The lowest BCUT2D eigenvalue weighted by molar-refractivity contribution is 0.151. The maximum absolute atomic E-state index is 12.3.